The standard InChI is InChI=1S/C8H15NO6/c1-3(11)9-5-7(13)6(12)4(2-10)15-8(5)14/h4-8,10,12-14H,2H2,1H3,(H,9,11)/t4-,5-,6-,7-,8?/m1/s1/i1+1,3+1,8+1,9+1. The van der Waals surface area contributed by atoms with Crippen molar-refractivity contribution in [3.63, 3.8) is 0 Å². The lowest BCUT2D eigenvalue weighted by Crippen LogP contribution is -2.63. The normalized spacial score (nSPS) is 41.3. The van der Waals surface area contributed by atoms with Crippen LogP contribution in [0.15, 0.2) is 0 Å². The number of hydrogen-bond acceptors (Lipinski definition) is 6. The van der Waals surface area contributed by atoms with E-state index in [2.05, 4.69) is 5.32 Å². The van der Waals surface area contributed by atoms with Crippen LogP contribution in [-0.4, -0.2) is 63.6 Å². The van der Waals surface area contributed by atoms with Crippen LogP contribution in [0.4, 0.5) is 0 Å². The third-order valence-electron chi connectivity index (χ3n) is 2.27. The number of ether oxygens (including phenoxy) is 1. The summed E-state index contributed by atoms with van der Waals surface area (Å²) in [7, 11) is 0. The maximum atomic E-state index is 10.7. The molecule has 7 heteroatoms. The predicted octanol–water partition coefficient (Wildman–Crippen LogP) is -3.08. The Hall–Kier alpha value is -0.730. The fraction of sp³-hybridized carbons (Fsp3) is 0.875. The molecule has 0 saturated carbocycles. The number of carbonyl (C=O) groups excluding carboxylic acids is 1. The van der Waals surface area contributed by atoms with Gasteiger partial charge in [0.2, 0.25) is 5.91 Å². The van der Waals surface area contributed by atoms with Gasteiger partial charge in [0, 0.05) is 6.92 Å². The lowest BCUT2D eigenvalue weighted by atomic mass is 10.0. The van der Waals surface area contributed by atoms with Gasteiger partial charge >= 0.3 is 0 Å². The van der Waals surface area contributed by atoms with E-state index in [1.54, 1.807) is 0 Å². The second kappa shape index (κ2) is 4.86. The second-order valence-corrected chi connectivity index (χ2v) is 3.46. The van der Waals surface area contributed by atoms with Crippen molar-refractivity contribution in [2.45, 2.75) is 37.6 Å². The van der Waals surface area contributed by atoms with E-state index in [4.69, 9.17) is 9.84 Å². The first kappa shape index (κ1) is 12.3. The van der Waals surface area contributed by atoms with E-state index in [0.717, 1.165) is 0 Å². The molecule has 1 unspecified atom stereocenters. The van der Waals surface area contributed by atoms with Gasteiger partial charge in [-0.05, 0) is 0 Å². The highest BCUT2D eigenvalue weighted by molar-refractivity contribution is 5.73. The molecule has 1 aliphatic heterocycles. The van der Waals surface area contributed by atoms with Crippen LogP contribution in [0.3, 0.4) is 0 Å². The number of carbonyl (C=O) groups is 1. The van der Waals surface area contributed by atoms with Crippen molar-refractivity contribution < 1.29 is 30.0 Å². The fourth-order valence-electron chi connectivity index (χ4n) is 1.49. The number of aliphatic hydroxyl groups excluding tert-OH is 4. The minimum Gasteiger partial charge on any atom is -0.394 e. The maximum Gasteiger partial charge on any atom is 0.217 e. The molecule has 1 rings (SSSR count). The van der Waals surface area contributed by atoms with Crippen molar-refractivity contribution in [3.05, 3.63) is 0 Å². The highest BCUT2D eigenvalue weighted by Gasteiger charge is 2.43. The Labute approximate surface area is 86.3 Å². The molecule has 1 saturated heterocycles. The molecular formula is C8H15NO6. The molecule has 15 heavy (non-hydrogen) atoms. The minimum absolute atomic E-state index is 0.462. The van der Waals surface area contributed by atoms with Gasteiger partial charge in [0.25, 0.3) is 0 Å². The molecule has 0 aliphatic carbocycles. The summed E-state index contributed by atoms with van der Waals surface area (Å²) in [6, 6.07) is -1.10. The van der Waals surface area contributed by atoms with Crippen LogP contribution in [0.1, 0.15) is 6.92 Å². The number of aliphatic hydroxyl groups is 4. The molecule has 1 fully saturated rings. The summed E-state index contributed by atoms with van der Waals surface area (Å²) in [5.74, 6) is -0.462. The van der Waals surface area contributed by atoms with Gasteiger partial charge < -0.3 is 30.5 Å². The summed E-state index contributed by atoms with van der Waals surface area (Å²) >= 11 is 0. The van der Waals surface area contributed by atoms with E-state index in [1.807, 2.05) is 0 Å². The van der Waals surface area contributed by atoms with Crippen LogP contribution in [0.2, 0.25) is 0 Å². The van der Waals surface area contributed by atoms with E-state index >= 15 is 0 Å². The van der Waals surface area contributed by atoms with Crippen LogP contribution >= 0.6 is 0 Å². The predicted molar refractivity (Wildman–Crippen MR) is 47.6 cm³/mol. The van der Waals surface area contributed by atoms with Crippen molar-refractivity contribution in [1.29, 1.82) is 0 Å². The van der Waals surface area contributed by atoms with Gasteiger partial charge in [0.1, 0.15) is 24.4 Å². The zero-order chi connectivity index (χ0) is 11.6. The molecule has 0 bridgehead atoms. The van der Waals surface area contributed by atoms with Gasteiger partial charge in [-0.3, -0.25) is 4.79 Å². The second-order valence-electron chi connectivity index (χ2n) is 3.46. The molecule has 5 N–H and O–H groups in total. The van der Waals surface area contributed by atoms with E-state index in [1.165, 1.54) is 6.92 Å². The Morgan fingerprint density at radius 1 is 1.33 bits per heavy atom. The summed E-state index contributed by atoms with van der Waals surface area (Å²) in [5.41, 5.74) is 0. The lowest BCUT2D eigenvalue weighted by Gasteiger charge is -2.40. The number of nitrogens with one attached hydrogen (secondary N) is 1. The summed E-state index contributed by atoms with van der Waals surface area (Å²) in [4.78, 5) is 10.7. The third kappa shape index (κ3) is 2.64. The first-order valence-electron chi connectivity index (χ1n) is 4.55. The molecule has 5 atom stereocenters. The van der Waals surface area contributed by atoms with Crippen molar-refractivity contribution >= 4 is 5.91 Å². The van der Waals surface area contributed by atoms with Crippen LogP contribution < -0.4 is 5.32 Å². The fourth-order valence-corrected chi connectivity index (χ4v) is 1.49. The number of amides is 1. The first-order chi connectivity index (χ1) is 6.97. The summed E-state index contributed by atoms with van der Waals surface area (Å²) in [6.45, 7) is 0.687. The summed E-state index contributed by atoms with van der Waals surface area (Å²) in [6.07, 6.45) is -5.24. The smallest absolute Gasteiger partial charge is 0.217 e. The van der Waals surface area contributed by atoms with Gasteiger partial charge in [-0.25, -0.2) is 0 Å². The minimum atomic E-state index is -1.45. The van der Waals surface area contributed by atoms with Crippen LogP contribution in [0.25, 0.3) is 0 Å². The Bertz CT molecular complexity index is 235. The monoisotopic (exact) mass is 225 g/mol. The Balaban J connectivity index is 2.70. The SMILES string of the molecule is [13CH3][13C](=O)[15NH][C@@H]1[C@@H](O)[C@H](O)[C@@H](CO)O[13CH]1O. The van der Waals surface area contributed by atoms with Gasteiger partial charge in [0.15, 0.2) is 6.29 Å². The molecule has 1 aliphatic rings. The van der Waals surface area contributed by atoms with Crippen LogP contribution in [0, 0.1) is 0 Å². The average Bonchev–Trinajstić information content (AvgIpc) is 2.18. The molecule has 0 spiro atoms. The molecule has 1 heterocycles. The van der Waals surface area contributed by atoms with E-state index in [-0.39, 0.29) is 0 Å². The molecule has 88 valence electrons. The average molecular weight is 225 g/mol. The first-order valence-corrected chi connectivity index (χ1v) is 4.55. The number of hydrogen-bond donors (Lipinski definition) is 5. The lowest BCUT2D eigenvalue weighted by molar-refractivity contribution is -0.253. The zero-order valence-corrected chi connectivity index (χ0v) is 8.20. The van der Waals surface area contributed by atoms with Crippen LogP contribution in [0.5, 0.6) is 0 Å². The zero-order valence-electron chi connectivity index (χ0n) is 8.20. The molecule has 0 radical (unpaired) electrons. The Kier molecular flexibility index (Phi) is 4.00. The van der Waals surface area contributed by atoms with E-state index < -0.39 is 43.2 Å². The molecule has 1 amide bonds. The van der Waals surface area contributed by atoms with E-state index in [0.29, 0.717) is 0 Å². The molecular weight excluding hydrogens is 210 g/mol. The quantitative estimate of drug-likeness (QED) is 0.251. The summed E-state index contributed by atoms with van der Waals surface area (Å²) in [5, 5.41) is 39.4. The highest BCUT2D eigenvalue weighted by Crippen LogP contribution is 2.19. The molecule has 0 aromatic carbocycles. The van der Waals surface area contributed by atoms with Gasteiger partial charge in [-0.15, -0.1) is 0 Å². The summed E-state index contributed by atoms with van der Waals surface area (Å²) < 4.78 is 4.81. The van der Waals surface area contributed by atoms with Crippen molar-refractivity contribution in [1.82, 2.24) is 5.32 Å². The van der Waals surface area contributed by atoms with Crippen LogP contribution in [-0.2, 0) is 9.53 Å². The Morgan fingerprint density at radius 2 is 1.93 bits per heavy atom. The molecule has 7 nitrogen and oxygen atoms in total. The van der Waals surface area contributed by atoms with E-state index in [9.17, 15) is 20.1 Å². The number of rotatable bonds is 2. The Morgan fingerprint density at radius 3 is 2.40 bits per heavy atom. The topological polar surface area (TPSA) is 119 Å². The molecule has 0 aromatic heterocycles. The van der Waals surface area contributed by atoms with Crippen molar-refractivity contribution in [3.8, 4) is 0 Å². The largest absolute Gasteiger partial charge is 0.394 e. The van der Waals surface area contributed by atoms with Crippen molar-refractivity contribution in [2.24, 2.45) is 0 Å². The highest BCUT2D eigenvalue weighted by atomic mass is 16.7. The third-order valence-corrected chi connectivity index (χ3v) is 2.27. The molecule has 0 aromatic rings. The van der Waals surface area contributed by atoms with Crippen molar-refractivity contribution in [2.75, 3.05) is 6.61 Å². The maximum absolute atomic E-state index is 10.7. The van der Waals surface area contributed by atoms with Gasteiger partial charge in [0.05, 0.1) is 6.61 Å². The van der Waals surface area contributed by atoms with Gasteiger partial charge in [-0.2, -0.15) is 0 Å². The van der Waals surface area contributed by atoms with Gasteiger partial charge in [-0.1, -0.05) is 0 Å².